The van der Waals surface area contributed by atoms with Gasteiger partial charge < -0.3 is 20.4 Å². The molecule has 0 saturated carbocycles. The second-order valence-corrected chi connectivity index (χ2v) is 4.62. The Labute approximate surface area is 117 Å². The van der Waals surface area contributed by atoms with Crippen LogP contribution in [0.1, 0.15) is 20.8 Å². The Bertz CT molecular complexity index is 604. The SMILES string of the molecule is CCN(CC)C(=O)C(C)Nc1nc2ccc(N)cc2o1. The van der Waals surface area contributed by atoms with Crippen LogP contribution in [0.2, 0.25) is 0 Å². The summed E-state index contributed by atoms with van der Waals surface area (Å²) in [5.41, 5.74) is 7.63. The first kappa shape index (κ1) is 14.2. The van der Waals surface area contributed by atoms with Crippen LogP contribution >= 0.6 is 0 Å². The summed E-state index contributed by atoms with van der Waals surface area (Å²) in [5.74, 6) is 0.0248. The van der Waals surface area contributed by atoms with Crippen molar-refractivity contribution in [2.45, 2.75) is 26.8 Å². The van der Waals surface area contributed by atoms with Gasteiger partial charge in [-0.3, -0.25) is 4.79 Å². The number of carbonyl (C=O) groups is 1. The molecule has 0 radical (unpaired) electrons. The first-order valence-electron chi connectivity index (χ1n) is 6.76. The minimum Gasteiger partial charge on any atom is -0.423 e. The van der Waals surface area contributed by atoms with E-state index in [0.29, 0.717) is 35.9 Å². The number of rotatable bonds is 5. The van der Waals surface area contributed by atoms with Gasteiger partial charge in [-0.05, 0) is 32.9 Å². The molecule has 0 aliphatic heterocycles. The fourth-order valence-electron chi connectivity index (χ4n) is 2.06. The average Bonchev–Trinajstić information content (AvgIpc) is 2.81. The number of hydrogen-bond acceptors (Lipinski definition) is 5. The summed E-state index contributed by atoms with van der Waals surface area (Å²) in [7, 11) is 0. The third-order valence-corrected chi connectivity index (χ3v) is 3.20. The maximum Gasteiger partial charge on any atom is 0.296 e. The van der Waals surface area contributed by atoms with Gasteiger partial charge in [0.2, 0.25) is 5.91 Å². The Morgan fingerprint density at radius 1 is 1.45 bits per heavy atom. The summed E-state index contributed by atoms with van der Waals surface area (Å²) in [4.78, 5) is 18.2. The van der Waals surface area contributed by atoms with E-state index in [1.807, 2.05) is 13.8 Å². The molecule has 0 bridgehead atoms. The third kappa shape index (κ3) is 2.84. The second-order valence-electron chi connectivity index (χ2n) is 4.62. The summed E-state index contributed by atoms with van der Waals surface area (Å²) >= 11 is 0. The van der Waals surface area contributed by atoms with Crippen molar-refractivity contribution in [1.29, 1.82) is 0 Å². The first-order valence-corrected chi connectivity index (χ1v) is 6.76. The number of fused-ring (bicyclic) bond motifs is 1. The number of nitrogens with zero attached hydrogens (tertiary/aromatic N) is 2. The van der Waals surface area contributed by atoms with Gasteiger partial charge in [0, 0.05) is 24.8 Å². The molecule has 108 valence electrons. The zero-order chi connectivity index (χ0) is 14.7. The monoisotopic (exact) mass is 276 g/mol. The van der Waals surface area contributed by atoms with Crippen molar-refractivity contribution in [3.05, 3.63) is 18.2 Å². The molecule has 6 nitrogen and oxygen atoms in total. The van der Waals surface area contributed by atoms with Gasteiger partial charge in [-0.1, -0.05) is 0 Å². The molecule has 1 unspecified atom stereocenters. The highest BCUT2D eigenvalue weighted by molar-refractivity contribution is 5.84. The molecule has 0 spiro atoms. The van der Waals surface area contributed by atoms with Gasteiger partial charge in [-0.15, -0.1) is 0 Å². The standard InChI is InChI=1S/C14H20N4O2/c1-4-18(5-2)13(19)9(3)16-14-17-11-7-6-10(15)8-12(11)20-14/h6-9H,4-5,15H2,1-3H3,(H,16,17). The number of likely N-dealkylation sites (N-methyl/N-ethyl adjacent to an activating group) is 1. The van der Waals surface area contributed by atoms with Crippen LogP contribution in [0.5, 0.6) is 0 Å². The fourth-order valence-corrected chi connectivity index (χ4v) is 2.06. The Morgan fingerprint density at radius 3 is 2.80 bits per heavy atom. The normalized spacial score (nSPS) is 12.3. The number of amides is 1. The molecule has 2 rings (SSSR count). The largest absolute Gasteiger partial charge is 0.423 e. The highest BCUT2D eigenvalue weighted by atomic mass is 16.4. The molecule has 1 aromatic heterocycles. The summed E-state index contributed by atoms with van der Waals surface area (Å²) < 4.78 is 5.54. The van der Waals surface area contributed by atoms with Gasteiger partial charge in [-0.2, -0.15) is 4.98 Å². The second kappa shape index (κ2) is 5.81. The Balaban J connectivity index is 2.13. The zero-order valence-corrected chi connectivity index (χ0v) is 12.0. The molecule has 1 aromatic carbocycles. The van der Waals surface area contributed by atoms with Gasteiger partial charge in [-0.25, -0.2) is 0 Å². The van der Waals surface area contributed by atoms with E-state index in [1.165, 1.54) is 0 Å². The zero-order valence-electron chi connectivity index (χ0n) is 12.0. The van der Waals surface area contributed by atoms with E-state index < -0.39 is 0 Å². The molecular formula is C14H20N4O2. The van der Waals surface area contributed by atoms with Gasteiger partial charge in [0.1, 0.15) is 11.6 Å². The van der Waals surface area contributed by atoms with Gasteiger partial charge in [0.15, 0.2) is 5.58 Å². The Hall–Kier alpha value is -2.24. The van der Waals surface area contributed by atoms with Crippen LogP contribution in [0.4, 0.5) is 11.7 Å². The first-order chi connectivity index (χ1) is 9.55. The van der Waals surface area contributed by atoms with Crippen LogP contribution in [0.3, 0.4) is 0 Å². The van der Waals surface area contributed by atoms with Gasteiger partial charge in [0.05, 0.1) is 0 Å². The molecule has 3 N–H and O–H groups in total. The van der Waals surface area contributed by atoms with Crippen molar-refractivity contribution < 1.29 is 9.21 Å². The molecule has 1 amide bonds. The fraction of sp³-hybridized carbons (Fsp3) is 0.429. The molecule has 2 aromatic rings. The molecular weight excluding hydrogens is 256 g/mol. The molecule has 0 aliphatic rings. The van der Waals surface area contributed by atoms with Crippen molar-refractivity contribution in [2.24, 2.45) is 0 Å². The number of aromatic nitrogens is 1. The number of carbonyl (C=O) groups excluding carboxylic acids is 1. The van der Waals surface area contributed by atoms with E-state index in [4.69, 9.17) is 10.2 Å². The molecule has 0 aliphatic carbocycles. The predicted molar refractivity (Wildman–Crippen MR) is 79.4 cm³/mol. The van der Waals surface area contributed by atoms with E-state index in [-0.39, 0.29) is 11.9 Å². The maximum absolute atomic E-state index is 12.2. The lowest BCUT2D eigenvalue weighted by Gasteiger charge is -2.22. The van der Waals surface area contributed by atoms with Crippen molar-refractivity contribution >= 4 is 28.7 Å². The summed E-state index contributed by atoms with van der Waals surface area (Å²) in [6.45, 7) is 7.08. The highest BCUT2D eigenvalue weighted by Crippen LogP contribution is 2.21. The van der Waals surface area contributed by atoms with E-state index in [2.05, 4.69) is 10.3 Å². The van der Waals surface area contributed by atoms with E-state index >= 15 is 0 Å². The molecule has 6 heteroatoms. The lowest BCUT2D eigenvalue weighted by Crippen LogP contribution is -2.41. The molecule has 1 atom stereocenters. The van der Waals surface area contributed by atoms with E-state index in [1.54, 1.807) is 30.0 Å². The van der Waals surface area contributed by atoms with Crippen molar-refractivity contribution in [3.8, 4) is 0 Å². The smallest absolute Gasteiger partial charge is 0.296 e. The Morgan fingerprint density at radius 2 is 2.15 bits per heavy atom. The highest BCUT2D eigenvalue weighted by Gasteiger charge is 2.19. The number of benzene rings is 1. The number of anilines is 2. The van der Waals surface area contributed by atoms with Gasteiger partial charge >= 0.3 is 0 Å². The number of oxazole rings is 1. The molecule has 20 heavy (non-hydrogen) atoms. The number of hydrogen-bond donors (Lipinski definition) is 2. The number of nitrogen functional groups attached to an aromatic ring is 1. The van der Waals surface area contributed by atoms with Crippen LogP contribution in [-0.2, 0) is 4.79 Å². The Kier molecular flexibility index (Phi) is 4.12. The van der Waals surface area contributed by atoms with E-state index in [9.17, 15) is 4.79 Å². The molecule has 1 heterocycles. The maximum atomic E-state index is 12.2. The summed E-state index contributed by atoms with van der Waals surface area (Å²) in [6, 6.07) is 5.21. The van der Waals surface area contributed by atoms with Crippen LogP contribution < -0.4 is 11.1 Å². The van der Waals surface area contributed by atoms with E-state index in [0.717, 1.165) is 0 Å². The van der Waals surface area contributed by atoms with Gasteiger partial charge in [0.25, 0.3) is 6.01 Å². The number of nitrogens with one attached hydrogen (secondary N) is 1. The summed E-state index contributed by atoms with van der Waals surface area (Å²) in [5, 5.41) is 2.99. The molecule has 0 saturated heterocycles. The lowest BCUT2D eigenvalue weighted by atomic mass is 10.3. The predicted octanol–water partition coefficient (Wildman–Crippen LogP) is 2.08. The lowest BCUT2D eigenvalue weighted by molar-refractivity contribution is -0.131. The van der Waals surface area contributed by atoms with Crippen molar-refractivity contribution in [2.75, 3.05) is 24.1 Å². The topological polar surface area (TPSA) is 84.4 Å². The van der Waals surface area contributed by atoms with Crippen LogP contribution in [0.15, 0.2) is 22.6 Å². The summed E-state index contributed by atoms with van der Waals surface area (Å²) in [6.07, 6.45) is 0. The minimum atomic E-state index is -0.389. The average molecular weight is 276 g/mol. The van der Waals surface area contributed by atoms with Crippen LogP contribution in [-0.4, -0.2) is 34.9 Å². The van der Waals surface area contributed by atoms with Crippen molar-refractivity contribution in [1.82, 2.24) is 9.88 Å². The van der Waals surface area contributed by atoms with Crippen LogP contribution in [0, 0.1) is 0 Å². The third-order valence-electron chi connectivity index (χ3n) is 3.20. The minimum absolute atomic E-state index is 0.0248. The quantitative estimate of drug-likeness (QED) is 0.817. The number of nitrogens with two attached hydrogens (primary N) is 1. The van der Waals surface area contributed by atoms with Crippen LogP contribution in [0.25, 0.3) is 11.1 Å². The molecule has 0 fully saturated rings. The van der Waals surface area contributed by atoms with Crippen molar-refractivity contribution in [3.63, 3.8) is 0 Å².